The lowest BCUT2D eigenvalue weighted by molar-refractivity contribution is -0.117. The van der Waals surface area contributed by atoms with Gasteiger partial charge in [-0.1, -0.05) is 53.2 Å². The number of thioether (sulfide) groups is 1. The number of methoxy groups -OCH3 is 1. The van der Waals surface area contributed by atoms with Crippen molar-refractivity contribution in [3.05, 3.63) is 58.1 Å². The van der Waals surface area contributed by atoms with Gasteiger partial charge in [0, 0.05) is 16.5 Å². The molecule has 6 nitrogen and oxygen atoms in total. The first kappa shape index (κ1) is 21.5. The molecule has 2 saturated heterocycles. The Morgan fingerprint density at radius 1 is 1.20 bits per heavy atom. The van der Waals surface area contributed by atoms with Gasteiger partial charge in [-0.05, 0) is 24.3 Å². The van der Waals surface area contributed by atoms with Gasteiger partial charge in [0.2, 0.25) is 0 Å². The number of sulfone groups is 1. The van der Waals surface area contributed by atoms with Gasteiger partial charge < -0.3 is 9.64 Å². The molecule has 0 aromatic heterocycles. The van der Waals surface area contributed by atoms with Gasteiger partial charge in [0.1, 0.15) is 5.75 Å². The van der Waals surface area contributed by atoms with E-state index in [-0.39, 0.29) is 35.1 Å². The third-order valence-electron chi connectivity index (χ3n) is 5.00. The highest BCUT2D eigenvalue weighted by atomic mass is 35.5. The number of fused-ring (bicyclic) bond motifs is 1. The number of aliphatic imine (C=N–C) groups is 1. The molecule has 0 aliphatic carbocycles. The minimum absolute atomic E-state index is 0.00459. The van der Waals surface area contributed by atoms with Gasteiger partial charge in [-0.15, -0.1) is 0 Å². The van der Waals surface area contributed by atoms with Crippen molar-refractivity contribution in [3.63, 3.8) is 0 Å². The second-order valence-electron chi connectivity index (χ2n) is 7.05. The standard InChI is InChI=1S/C20H18Cl2N2O4S2/c1-28-17-5-3-2-4-12(17)8-19(25)23-20-24(13-6-7-14(21)15(22)9-13)16-10-30(26,27)11-18(16)29-20/h2-7,9,16,18H,8,10-11H2,1H3/t16-,18-/m0/s1. The van der Waals surface area contributed by atoms with Gasteiger partial charge in [-0.2, -0.15) is 4.99 Å². The molecule has 158 valence electrons. The predicted molar refractivity (Wildman–Crippen MR) is 122 cm³/mol. The molecule has 4 rings (SSSR count). The lowest BCUT2D eigenvalue weighted by Crippen LogP contribution is -2.37. The number of nitrogens with zero attached hydrogens (tertiary/aromatic N) is 2. The zero-order valence-corrected chi connectivity index (χ0v) is 19.1. The Morgan fingerprint density at radius 2 is 1.97 bits per heavy atom. The highest BCUT2D eigenvalue weighted by Gasteiger charge is 2.49. The van der Waals surface area contributed by atoms with Crippen molar-refractivity contribution in [1.82, 2.24) is 0 Å². The summed E-state index contributed by atoms with van der Waals surface area (Å²) in [5.41, 5.74) is 1.39. The van der Waals surface area contributed by atoms with Gasteiger partial charge in [-0.25, -0.2) is 8.42 Å². The Morgan fingerprint density at radius 3 is 2.70 bits per heavy atom. The van der Waals surface area contributed by atoms with Crippen molar-refractivity contribution in [3.8, 4) is 5.75 Å². The van der Waals surface area contributed by atoms with Crippen molar-refractivity contribution in [2.45, 2.75) is 17.7 Å². The Balaban J connectivity index is 1.66. The second-order valence-corrected chi connectivity index (χ2v) is 11.2. The molecule has 0 spiro atoms. The van der Waals surface area contributed by atoms with Gasteiger partial charge in [0.15, 0.2) is 15.0 Å². The van der Waals surface area contributed by atoms with Crippen molar-refractivity contribution < 1.29 is 17.9 Å². The van der Waals surface area contributed by atoms with Crippen LogP contribution in [0.3, 0.4) is 0 Å². The molecule has 30 heavy (non-hydrogen) atoms. The minimum atomic E-state index is -3.15. The van der Waals surface area contributed by atoms with Crippen molar-refractivity contribution >= 4 is 61.6 Å². The highest BCUT2D eigenvalue weighted by Crippen LogP contribution is 2.42. The molecule has 2 atom stereocenters. The molecule has 1 amide bonds. The van der Waals surface area contributed by atoms with E-state index in [4.69, 9.17) is 27.9 Å². The second kappa shape index (κ2) is 8.42. The smallest absolute Gasteiger partial charge is 0.252 e. The van der Waals surface area contributed by atoms with E-state index in [2.05, 4.69) is 4.99 Å². The van der Waals surface area contributed by atoms with Crippen LogP contribution in [-0.2, 0) is 21.1 Å². The molecule has 0 saturated carbocycles. The molecule has 2 aromatic rings. The van der Waals surface area contributed by atoms with Crippen LogP contribution >= 0.6 is 35.0 Å². The van der Waals surface area contributed by atoms with Crippen LogP contribution in [0.5, 0.6) is 5.75 Å². The molecule has 2 heterocycles. The largest absolute Gasteiger partial charge is 0.496 e. The zero-order valence-electron chi connectivity index (χ0n) is 15.9. The van der Waals surface area contributed by atoms with E-state index in [9.17, 15) is 13.2 Å². The van der Waals surface area contributed by atoms with Crippen LogP contribution in [-0.4, -0.2) is 49.4 Å². The Hall–Kier alpha value is -1.74. The molecule has 0 bridgehead atoms. The zero-order chi connectivity index (χ0) is 21.5. The fraction of sp³-hybridized carbons (Fsp3) is 0.300. The molecule has 2 aliphatic rings. The van der Waals surface area contributed by atoms with Crippen LogP contribution in [0.1, 0.15) is 5.56 Å². The number of rotatable bonds is 4. The summed E-state index contributed by atoms with van der Waals surface area (Å²) in [6, 6.07) is 12.0. The first-order valence-corrected chi connectivity index (χ1v) is 12.6. The summed E-state index contributed by atoms with van der Waals surface area (Å²) < 4.78 is 29.7. The summed E-state index contributed by atoms with van der Waals surface area (Å²) >= 11 is 13.5. The van der Waals surface area contributed by atoms with Crippen molar-refractivity contribution in [2.75, 3.05) is 23.5 Å². The number of halogens is 2. The molecule has 0 unspecified atom stereocenters. The number of anilines is 1. The molecular weight excluding hydrogens is 467 g/mol. The summed E-state index contributed by atoms with van der Waals surface area (Å²) in [5.74, 6) is 0.342. The molecule has 0 radical (unpaired) electrons. The van der Waals surface area contributed by atoms with Crippen molar-refractivity contribution in [2.24, 2.45) is 4.99 Å². The number of hydrogen-bond acceptors (Lipinski definition) is 5. The Kier molecular flexibility index (Phi) is 6.03. The van der Waals surface area contributed by atoms with E-state index in [1.165, 1.54) is 11.8 Å². The first-order chi connectivity index (χ1) is 14.3. The van der Waals surface area contributed by atoms with E-state index >= 15 is 0 Å². The number of amides is 1. The lowest BCUT2D eigenvalue weighted by Gasteiger charge is -2.24. The maximum absolute atomic E-state index is 12.7. The molecule has 0 N–H and O–H groups in total. The lowest BCUT2D eigenvalue weighted by atomic mass is 10.1. The number of carbonyl (C=O) groups is 1. The van der Waals surface area contributed by atoms with Crippen LogP contribution in [0.15, 0.2) is 47.5 Å². The summed E-state index contributed by atoms with van der Waals surface area (Å²) in [5, 5.41) is 1.03. The van der Waals surface area contributed by atoms with E-state index in [1.54, 1.807) is 36.3 Å². The average molecular weight is 485 g/mol. The number of benzene rings is 2. The van der Waals surface area contributed by atoms with Gasteiger partial charge >= 0.3 is 0 Å². The molecule has 2 aliphatic heterocycles. The minimum Gasteiger partial charge on any atom is -0.496 e. The fourth-order valence-corrected chi connectivity index (χ4v) is 7.88. The van der Waals surface area contributed by atoms with E-state index in [0.29, 0.717) is 26.6 Å². The van der Waals surface area contributed by atoms with Crippen LogP contribution in [0, 0.1) is 0 Å². The summed E-state index contributed by atoms with van der Waals surface area (Å²) in [4.78, 5) is 18.9. The normalized spacial score (nSPS) is 23.6. The van der Waals surface area contributed by atoms with Crippen LogP contribution < -0.4 is 9.64 Å². The Labute approximate surface area is 189 Å². The number of carbonyl (C=O) groups excluding carboxylic acids is 1. The predicted octanol–water partition coefficient (Wildman–Crippen LogP) is 3.85. The monoisotopic (exact) mass is 484 g/mol. The van der Waals surface area contributed by atoms with Gasteiger partial charge in [0.25, 0.3) is 5.91 Å². The molecule has 2 fully saturated rings. The van der Waals surface area contributed by atoms with Crippen LogP contribution in [0.25, 0.3) is 0 Å². The van der Waals surface area contributed by atoms with Gasteiger partial charge in [-0.3, -0.25) is 4.79 Å². The summed E-state index contributed by atoms with van der Waals surface area (Å²) in [7, 11) is -1.60. The SMILES string of the molecule is COc1ccccc1CC(=O)N=C1S[C@H]2CS(=O)(=O)C[C@@H]2N1c1ccc(Cl)c(Cl)c1. The summed E-state index contributed by atoms with van der Waals surface area (Å²) in [6.07, 6.45) is 0.0803. The number of hydrogen-bond donors (Lipinski definition) is 0. The van der Waals surface area contributed by atoms with E-state index < -0.39 is 9.84 Å². The number of amidine groups is 1. The van der Waals surface area contributed by atoms with Crippen LogP contribution in [0.2, 0.25) is 10.0 Å². The molecule has 10 heteroatoms. The first-order valence-electron chi connectivity index (χ1n) is 9.12. The van der Waals surface area contributed by atoms with Crippen LogP contribution in [0.4, 0.5) is 5.69 Å². The summed E-state index contributed by atoms with van der Waals surface area (Å²) in [6.45, 7) is 0. The molecule has 2 aromatic carbocycles. The fourth-order valence-electron chi connectivity index (χ4n) is 3.66. The maximum atomic E-state index is 12.7. The van der Waals surface area contributed by atoms with Crippen molar-refractivity contribution in [1.29, 1.82) is 0 Å². The maximum Gasteiger partial charge on any atom is 0.252 e. The quantitative estimate of drug-likeness (QED) is 0.655. The van der Waals surface area contributed by atoms with E-state index in [1.807, 2.05) is 18.2 Å². The highest BCUT2D eigenvalue weighted by molar-refractivity contribution is 8.16. The third kappa shape index (κ3) is 4.32. The van der Waals surface area contributed by atoms with Gasteiger partial charge in [0.05, 0.1) is 41.1 Å². The number of para-hydroxylation sites is 1. The average Bonchev–Trinajstić information content (AvgIpc) is 3.15. The number of ether oxygens (including phenoxy) is 1. The molecular formula is C20H18Cl2N2O4S2. The van der Waals surface area contributed by atoms with E-state index in [0.717, 1.165) is 5.56 Å². The third-order valence-corrected chi connectivity index (χ3v) is 8.95. The Bertz CT molecular complexity index is 1140. The topological polar surface area (TPSA) is 76.0 Å².